The lowest BCUT2D eigenvalue weighted by Crippen LogP contribution is -2.39. The van der Waals surface area contributed by atoms with Crippen molar-refractivity contribution in [2.75, 3.05) is 0 Å². The zero-order chi connectivity index (χ0) is 14.6. The number of ether oxygens (including phenoxy) is 1. The molecule has 0 radical (unpaired) electrons. The second-order valence-electron chi connectivity index (χ2n) is 6.88. The molecular formula is C17H20O4. The highest BCUT2D eigenvalue weighted by molar-refractivity contribution is 5.97. The van der Waals surface area contributed by atoms with Crippen molar-refractivity contribution in [3.63, 3.8) is 0 Å². The Morgan fingerprint density at radius 3 is 2.14 bits per heavy atom. The Morgan fingerprint density at radius 1 is 0.714 bits per heavy atom. The summed E-state index contributed by atoms with van der Waals surface area (Å²) in [5.41, 5.74) is 2.73. The van der Waals surface area contributed by atoms with Gasteiger partial charge in [0.15, 0.2) is 0 Å². The highest BCUT2D eigenvalue weighted by Crippen LogP contribution is 2.54. The molecule has 1 saturated heterocycles. The van der Waals surface area contributed by atoms with Gasteiger partial charge in [0, 0.05) is 12.8 Å². The fourth-order valence-corrected chi connectivity index (χ4v) is 5.06. The summed E-state index contributed by atoms with van der Waals surface area (Å²) in [7, 11) is 0. The topological polar surface area (TPSA) is 60.4 Å². The summed E-state index contributed by atoms with van der Waals surface area (Å²) in [6.45, 7) is 0. The van der Waals surface area contributed by atoms with Crippen molar-refractivity contribution in [1.29, 1.82) is 0 Å². The number of ketones is 1. The van der Waals surface area contributed by atoms with E-state index in [0.717, 1.165) is 32.1 Å². The van der Waals surface area contributed by atoms with Crippen LogP contribution in [0, 0.1) is 23.7 Å². The third kappa shape index (κ3) is 1.91. The van der Waals surface area contributed by atoms with Crippen LogP contribution in [0.15, 0.2) is 11.1 Å². The molecule has 2 saturated carbocycles. The maximum absolute atomic E-state index is 12.2. The van der Waals surface area contributed by atoms with Crippen LogP contribution in [-0.4, -0.2) is 17.7 Å². The zero-order valence-corrected chi connectivity index (χ0v) is 12.1. The number of allylic oxidation sites excluding steroid dienone is 2. The Bertz CT molecular complexity index is 559. The first-order valence-electron chi connectivity index (χ1n) is 8.16. The van der Waals surface area contributed by atoms with Crippen LogP contribution in [0.2, 0.25) is 0 Å². The van der Waals surface area contributed by atoms with Gasteiger partial charge in [0.1, 0.15) is 5.78 Å². The van der Waals surface area contributed by atoms with Crippen molar-refractivity contribution in [2.45, 2.75) is 51.4 Å². The molecule has 3 aliphatic carbocycles. The van der Waals surface area contributed by atoms with E-state index < -0.39 is 0 Å². The van der Waals surface area contributed by atoms with Crippen molar-refractivity contribution < 1.29 is 19.1 Å². The number of hydrogen-bond donors (Lipinski definition) is 0. The molecule has 0 aromatic heterocycles. The summed E-state index contributed by atoms with van der Waals surface area (Å²) in [4.78, 5) is 36.2. The van der Waals surface area contributed by atoms with Crippen LogP contribution < -0.4 is 0 Å². The van der Waals surface area contributed by atoms with Gasteiger partial charge in [0.05, 0.1) is 11.8 Å². The SMILES string of the molecule is O=C1CCC2=C3CCCCC3C3C(=O)OC(=O)C3C2CC1. The number of cyclic esters (lactones) is 2. The molecule has 1 aliphatic heterocycles. The average Bonchev–Trinajstić information content (AvgIpc) is 2.66. The van der Waals surface area contributed by atoms with E-state index in [-0.39, 0.29) is 35.6 Å². The summed E-state index contributed by atoms with van der Waals surface area (Å²) in [6, 6.07) is 0. The van der Waals surface area contributed by atoms with E-state index in [1.165, 1.54) is 11.1 Å². The van der Waals surface area contributed by atoms with Crippen LogP contribution in [0.3, 0.4) is 0 Å². The van der Waals surface area contributed by atoms with E-state index in [0.29, 0.717) is 25.0 Å². The van der Waals surface area contributed by atoms with Gasteiger partial charge in [-0.25, -0.2) is 0 Å². The standard InChI is InChI=1S/C17H20O4/c18-9-5-7-11-10-3-1-2-4-12(10)14-15(13(11)8-6-9)17(20)21-16(14)19/h12-15H,1-8H2. The summed E-state index contributed by atoms with van der Waals surface area (Å²) in [5, 5.41) is 0. The van der Waals surface area contributed by atoms with Crippen LogP contribution >= 0.6 is 0 Å². The minimum Gasteiger partial charge on any atom is -0.393 e. The molecule has 3 fully saturated rings. The smallest absolute Gasteiger partial charge is 0.318 e. The van der Waals surface area contributed by atoms with Crippen molar-refractivity contribution in [1.82, 2.24) is 0 Å². The maximum Gasteiger partial charge on any atom is 0.318 e. The van der Waals surface area contributed by atoms with Crippen molar-refractivity contribution in [2.24, 2.45) is 23.7 Å². The van der Waals surface area contributed by atoms with Gasteiger partial charge in [-0.1, -0.05) is 17.6 Å². The van der Waals surface area contributed by atoms with Gasteiger partial charge in [0.25, 0.3) is 0 Å². The molecule has 4 nitrogen and oxygen atoms in total. The van der Waals surface area contributed by atoms with E-state index in [9.17, 15) is 14.4 Å². The molecule has 4 atom stereocenters. The van der Waals surface area contributed by atoms with E-state index in [1.807, 2.05) is 0 Å². The van der Waals surface area contributed by atoms with Crippen molar-refractivity contribution in [3.8, 4) is 0 Å². The molecule has 4 rings (SSSR count). The first-order chi connectivity index (χ1) is 10.2. The fourth-order valence-electron chi connectivity index (χ4n) is 5.06. The van der Waals surface area contributed by atoms with Gasteiger partial charge >= 0.3 is 11.9 Å². The fraction of sp³-hybridized carbons (Fsp3) is 0.706. The Labute approximate surface area is 123 Å². The number of carbonyl (C=O) groups is 3. The van der Waals surface area contributed by atoms with Crippen molar-refractivity contribution >= 4 is 17.7 Å². The highest BCUT2D eigenvalue weighted by Gasteiger charge is 2.56. The predicted molar refractivity (Wildman–Crippen MR) is 74.0 cm³/mol. The summed E-state index contributed by atoms with van der Waals surface area (Å²) >= 11 is 0. The molecule has 112 valence electrons. The summed E-state index contributed by atoms with van der Waals surface area (Å²) < 4.78 is 4.98. The normalized spacial score (nSPS) is 39.3. The lowest BCUT2D eigenvalue weighted by Gasteiger charge is -2.41. The number of rotatable bonds is 0. The van der Waals surface area contributed by atoms with Gasteiger partial charge in [-0.3, -0.25) is 14.4 Å². The molecule has 4 unspecified atom stereocenters. The Balaban J connectivity index is 1.82. The number of fused-ring (bicyclic) bond motifs is 5. The minimum absolute atomic E-state index is 0.0738. The molecule has 0 aromatic rings. The highest BCUT2D eigenvalue weighted by atomic mass is 16.6. The van der Waals surface area contributed by atoms with Crippen LogP contribution in [0.5, 0.6) is 0 Å². The molecule has 0 N–H and O–H groups in total. The van der Waals surface area contributed by atoms with Crippen LogP contribution in [0.1, 0.15) is 51.4 Å². The molecule has 4 aliphatic rings. The van der Waals surface area contributed by atoms with Crippen LogP contribution in [0.4, 0.5) is 0 Å². The lowest BCUT2D eigenvalue weighted by molar-refractivity contribution is -0.154. The largest absolute Gasteiger partial charge is 0.393 e. The third-order valence-corrected chi connectivity index (χ3v) is 5.93. The first-order valence-corrected chi connectivity index (χ1v) is 8.16. The molecule has 0 amide bonds. The number of Topliss-reactive ketones (excluding diaryl/α,β-unsaturated/α-hetero) is 1. The number of carbonyl (C=O) groups excluding carboxylic acids is 3. The van der Waals surface area contributed by atoms with E-state index in [2.05, 4.69) is 0 Å². The quantitative estimate of drug-likeness (QED) is 0.390. The van der Waals surface area contributed by atoms with Crippen LogP contribution in [0.25, 0.3) is 0 Å². The molecule has 0 aromatic carbocycles. The zero-order valence-electron chi connectivity index (χ0n) is 12.1. The Hall–Kier alpha value is -1.45. The molecule has 1 heterocycles. The molecule has 0 bridgehead atoms. The average molecular weight is 288 g/mol. The molecule has 0 spiro atoms. The van der Waals surface area contributed by atoms with E-state index in [1.54, 1.807) is 0 Å². The minimum atomic E-state index is -0.341. The molecule has 21 heavy (non-hydrogen) atoms. The monoisotopic (exact) mass is 288 g/mol. The first kappa shape index (κ1) is 13.2. The Kier molecular flexibility index (Phi) is 3.02. The molecular weight excluding hydrogens is 268 g/mol. The van der Waals surface area contributed by atoms with Gasteiger partial charge < -0.3 is 4.74 Å². The molecule has 4 heteroatoms. The van der Waals surface area contributed by atoms with Gasteiger partial charge in [-0.05, 0) is 43.9 Å². The van der Waals surface area contributed by atoms with Gasteiger partial charge in [0.2, 0.25) is 0 Å². The predicted octanol–water partition coefficient (Wildman–Crippen LogP) is 2.56. The van der Waals surface area contributed by atoms with Crippen LogP contribution in [-0.2, 0) is 19.1 Å². The lowest BCUT2D eigenvalue weighted by atomic mass is 9.60. The number of esters is 2. The van der Waals surface area contributed by atoms with E-state index in [4.69, 9.17) is 4.74 Å². The number of hydrogen-bond acceptors (Lipinski definition) is 4. The summed E-state index contributed by atoms with van der Waals surface area (Å²) in [5.74, 6) is -0.679. The second kappa shape index (κ2) is 4.79. The van der Waals surface area contributed by atoms with Gasteiger partial charge in [-0.15, -0.1) is 0 Å². The second-order valence-corrected chi connectivity index (χ2v) is 6.88. The summed E-state index contributed by atoms with van der Waals surface area (Å²) in [6.07, 6.45) is 6.96. The van der Waals surface area contributed by atoms with E-state index >= 15 is 0 Å². The van der Waals surface area contributed by atoms with Gasteiger partial charge in [-0.2, -0.15) is 0 Å². The van der Waals surface area contributed by atoms with Crippen molar-refractivity contribution in [3.05, 3.63) is 11.1 Å². The maximum atomic E-state index is 12.2. The Morgan fingerprint density at radius 2 is 1.38 bits per heavy atom. The third-order valence-electron chi connectivity index (χ3n) is 5.93.